The number of esters is 1. The molecular formula is C20H18N4O5. The summed E-state index contributed by atoms with van der Waals surface area (Å²) in [5, 5.41) is 17.3. The summed E-state index contributed by atoms with van der Waals surface area (Å²) < 4.78 is 6.79. The van der Waals surface area contributed by atoms with E-state index < -0.39 is 22.9 Å². The molecule has 1 unspecified atom stereocenters. The van der Waals surface area contributed by atoms with Crippen molar-refractivity contribution in [1.82, 2.24) is 9.78 Å². The van der Waals surface area contributed by atoms with E-state index in [4.69, 9.17) is 4.74 Å². The minimum Gasteiger partial charge on any atom is -0.449 e. The van der Waals surface area contributed by atoms with Crippen LogP contribution in [-0.4, -0.2) is 32.7 Å². The van der Waals surface area contributed by atoms with E-state index in [0.29, 0.717) is 12.2 Å². The highest BCUT2D eigenvalue weighted by Crippen LogP contribution is 2.16. The number of anilines is 1. The highest BCUT2D eigenvalue weighted by Gasteiger charge is 2.20. The van der Waals surface area contributed by atoms with Crippen molar-refractivity contribution in [1.29, 1.82) is 0 Å². The fourth-order valence-corrected chi connectivity index (χ4v) is 2.52. The van der Waals surface area contributed by atoms with Gasteiger partial charge >= 0.3 is 5.97 Å². The van der Waals surface area contributed by atoms with E-state index in [0.717, 1.165) is 5.56 Å². The maximum Gasteiger partial charge on any atom is 0.342 e. The lowest BCUT2D eigenvalue weighted by molar-refractivity contribution is -0.384. The van der Waals surface area contributed by atoms with Gasteiger partial charge in [0.1, 0.15) is 0 Å². The van der Waals surface area contributed by atoms with Crippen LogP contribution in [0.3, 0.4) is 0 Å². The molecule has 9 nitrogen and oxygen atoms in total. The summed E-state index contributed by atoms with van der Waals surface area (Å²) >= 11 is 0. The molecule has 0 bridgehead atoms. The Bertz CT molecular complexity index is 1010. The number of nitro groups is 1. The molecular weight excluding hydrogens is 376 g/mol. The lowest BCUT2D eigenvalue weighted by Crippen LogP contribution is -2.29. The van der Waals surface area contributed by atoms with Crippen LogP contribution in [0.2, 0.25) is 0 Å². The highest BCUT2D eigenvalue weighted by molar-refractivity contribution is 5.97. The van der Waals surface area contributed by atoms with Gasteiger partial charge in [0.2, 0.25) is 0 Å². The Hall–Kier alpha value is -4.01. The normalized spacial score (nSPS) is 11.5. The van der Waals surface area contributed by atoms with Crippen LogP contribution in [0.1, 0.15) is 22.8 Å². The Balaban J connectivity index is 1.55. The zero-order valence-electron chi connectivity index (χ0n) is 15.5. The van der Waals surface area contributed by atoms with Crippen LogP contribution in [0.5, 0.6) is 0 Å². The van der Waals surface area contributed by atoms with Crippen molar-refractivity contribution in [3.05, 3.63) is 88.2 Å². The molecule has 3 rings (SSSR count). The summed E-state index contributed by atoms with van der Waals surface area (Å²) in [5.41, 5.74) is 1.54. The van der Waals surface area contributed by atoms with E-state index in [9.17, 15) is 19.7 Å². The molecule has 0 fully saturated rings. The van der Waals surface area contributed by atoms with Crippen molar-refractivity contribution in [3.63, 3.8) is 0 Å². The number of hydrogen-bond acceptors (Lipinski definition) is 6. The van der Waals surface area contributed by atoms with Gasteiger partial charge in [-0.15, -0.1) is 0 Å². The van der Waals surface area contributed by atoms with E-state index >= 15 is 0 Å². The van der Waals surface area contributed by atoms with Crippen molar-refractivity contribution in [2.24, 2.45) is 0 Å². The van der Waals surface area contributed by atoms with Gasteiger partial charge in [0.05, 0.1) is 23.2 Å². The van der Waals surface area contributed by atoms with Crippen LogP contribution in [0, 0.1) is 10.1 Å². The molecule has 1 heterocycles. The highest BCUT2D eigenvalue weighted by atomic mass is 16.6. The zero-order valence-corrected chi connectivity index (χ0v) is 15.5. The lowest BCUT2D eigenvalue weighted by atomic mass is 10.2. The quantitative estimate of drug-likeness (QED) is 0.374. The van der Waals surface area contributed by atoms with Gasteiger partial charge in [-0.3, -0.25) is 19.6 Å². The Labute approximate surface area is 166 Å². The number of amides is 1. The Kier molecular flexibility index (Phi) is 5.98. The molecule has 3 aromatic rings. The Morgan fingerprint density at radius 1 is 1.17 bits per heavy atom. The molecule has 0 saturated carbocycles. The first-order chi connectivity index (χ1) is 13.9. The third-order valence-corrected chi connectivity index (χ3v) is 4.06. The van der Waals surface area contributed by atoms with E-state index in [1.165, 1.54) is 37.4 Å². The van der Waals surface area contributed by atoms with Crippen molar-refractivity contribution in [3.8, 4) is 0 Å². The van der Waals surface area contributed by atoms with Gasteiger partial charge in [0.25, 0.3) is 11.6 Å². The number of benzene rings is 2. The minimum atomic E-state index is -1.06. The second kappa shape index (κ2) is 8.79. The van der Waals surface area contributed by atoms with Crippen LogP contribution in [-0.2, 0) is 16.1 Å². The Morgan fingerprint density at radius 2 is 1.86 bits per heavy atom. The van der Waals surface area contributed by atoms with Gasteiger partial charge in [-0.2, -0.15) is 5.10 Å². The van der Waals surface area contributed by atoms with Gasteiger partial charge < -0.3 is 10.1 Å². The van der Waals surface area contributed by atoms with Gasteiger partial charge in [-0.1, -0.05) is 30.3 Å². The standard InChI is InChI=1S/C20H18N4O5/c1-14(19(25)22-17-7-9-18(10-8-17)24(27)28)29-20(26)16-11-21-23(13-16)12-15-5-3-2-4-6-15/h2-11,13-14H,12H2,1H3,(H,22,25). The van der Waals surface area contributed by atoms with E-state index in [-0.39, 0.29) is 11.3 Å². The minimum absolute atomic E-state index is 0.0880. The molecule has 1 amide bonds. The van der Waals surface area contributed by atoms with Crippen LogP contribution >= 0.6 is 0 Å². The number of carbonyl (C=O) groups excluding carboxylic acids is 2. The number of nitrogens with one attached hydrogen (secondary N) is 1. The van der Waals surface area contributed by atoms with Gasteiger partial charge in [0, 0.05) is 24.0 Å². The zero-order chi connectivity index (χ0) is 20.8. The number of rotatable bonds is 7. The first kappa shape index (κ1) is 19.7. The summed E-state index contributed by atoms with van der Waals surface area (Å²) in [4.78, 5) is 34.6. The maximum absolute atomic E-state index is 12.3. The van der Waals surface area contributed by atoms with Crippen LogP contribution in [0.25, 0.3) is 0 Å². The number of ether oxygens (including phenoxy) is 1. The summed E-state index contributed by atoms with van der Waals surface area (Å²) in [7, 11) is 0. The molecule has 0 saturated heterocycles. The number of carbonyl (C=O) groups is 2. The fourth-order valence-electron chi connectivity index (χ4n) is 2.52. The summed E-state index contributed by atoms with van der Waals surface area (Å²) in [6.45, 7) is 1.94. The molecule has 2 aromatic carbocycles. The van der Waals surface area contributed by atoms with E-state index in [1.54, 1.807) is 10.9 Å². The number of hydrogen-bond donors (Lipinski definition) is 1. The number of nitrogens with zero attached hydrogens (tertiary/aromatic N) is 3. The van der Waals surface area contributed by atoms with Crippen molar-refractivity contribution in [2.75, 3.05) is 5.32 Å². The first-order valence-electron chi connectivity index (χ1n) is 8.75. The third-order valence-electron chi connectivity index (χ3n) is 4.06. The molecule has 148 valence electrons. The summed E-state index contributed by atoms with van der Waals surface area (Å²) in [5.74, 6) is -1.22. The summed E-state index contributed by atoms with van der Waals surface area (Å²) in [6.07, 6.45) is 1.87. The molecule has 1 atom stereocenters. The number of aromatic nitrogens is 2. The summed E-state index contributed by atoms with van der Waals surface area (Å²) in [6, 6.07) is 15.0. The van der Waals surface area contributed by atoms with Crippen molar-refractivity contribution < 1.29 is 19.2 Å². The fraction of sp³-hybridized carbons (Fsp3) is 0.150. The van der Waals surface area contributed by atoms with Gasteiger partial charge in [-0.25, -0.2) is 4.79 Å². The predicted octanol–water partition coefficient (Wildman–Crippen LogP) is 3.02. The van der Waals surface area contributed by atoms with Crippen LogP contribution < -0.4 is 5.32 Å². The average molecular weight is 394 g/mol. The predicted molar refractivity (Wildman–Crippen MR) is 104 cm³/mol. The second-order valence-corrected chi connectivity index (χ2v) is 6.25. The van der Waals surface area contributed by atoms with E-state index in [2.05, 4.69) is 10.4 Å². The van der Waals surface area contributed by atoms with Gasteiger partial charge in [-0.05, 0) is 24.6 Å². The molecule has 0 aliphatic carbocycles. The van der Waals surface area contributed by atoms with Gasteiger partial charge in [0.15, 0.2) is 6.10 Å². The number of nitro benzene ring substituents is 1. The third kappa shape index (κ3) is 5.25. The molecule has 29 heavy (non-hydrogen) atoms. The molecule has 0 aliphatic rings. The van der Waals surface area contributed by atoms with E-state index in [1.807, 2.05) is 30.3 Å². The van der Waals surface area contributed by atoms with Crippen LogP contribution in [0.4, 0.5) is 11.4 Å². The topological polar surface area (TPSA) is 116 Å². The molecule has 0 spiro atoms. The second-order valence-electron chi connectivity index (χ2n) is 6.25. The maximum atomic E-state index is 12.3. The molecule has 9 heteroatoms. The van der Waals surface area contributed by atoms with Crippen molar-refractivity contribution >= 4 is 23.3 Å². The molecule has 1 N–H and O–H groups in total. The monoisotopic (exact) mass is 394 g/mol. The largest absolute Gasteiger partial charge is 0.449 e. The first-order valence-corrected chi connectivity index (χ1v) is 8.75. The molecule has 0 aliphatic heterocycles. The number of non-ortho nitro benzene ring substituents is 1. The Morgan fingerprint density at radius 3 is 2.52 bits per heavy atom. The SMILES string of the molecule is CC(OC(=O)c1cnn(Cc2ccccc2)c1)C(=O)Nc1ccc([N+](=O)[O-])cc1. The smallest absolute Gasteiger partial charge is 0.342 e. The average Bonchev–Trinajstić information content (AvgIpc) is 3.17. The molecule has 0 radical (unpaired) electrons. The molecule has 1 aromatic heterocycles. The lowest BCUT2D eigenvalue weighted by Gasteiger charge is -2.12. The van der Waals surface area contributed by atoms with Crippen LogP contribution in [0.15, 0.2) is 67.0 Å². The van der Waals surface area contributed by atoms with Crippen molar-refractivity contribution in [2.45, 2.75) is 19.6 Å².